The zero-order valence-electron chi connectivity index (χ0n) is 8.23. The minimum Gasteiger partial charge on any atom is -0.423 e. The Morgan fingerprint density at radius 1 is 1.25 bits per heavy atom. The second-order valence-corrected chi connectivity index (χ2v) is 3.45. The highest BCUT2D eigenvalue weighted by atomic mass is 19.4. The zero-order chi connectivity index (χ0) is 12.6. The third kappa shape index (κ3) is 2.34. The van der Waals surface area contributed by atoms with Gasteiger partial charge in [0.25, 0.3) is 0 Å². The van der Waals surface area contributed by atoms with Gasteiger partial charge in [0.2, 0.25) is 0 Å². The van der Waals surface area contributed by atoms with E-state index >= 15 is 0 Å². The van der Waals surface area contributed by atoms with Gasteiger partial charge in [-0.1, -0.05) is 6.07 Å². The molecule has 1 atom stereocenters. The van der Waals surface area contributed by atoms with Crippen LogP contribution in [0.4, 0.5) is 13.2 Å². The second-order valence-electron chi connectivity index (χ2n) is 3.45. The molecule has 0 bridgehead atoms. The standard InChI is InChI=1S/C8H9BF3NO3/c1-7(14,8(10,11)12)5-2-6(9(15)16)4-13-3-5/h2-4,14-16H,1H3/t7-/m0/s1. The van der Waals surface area contributed by atoms with Gasteiger partial charge in [0.15, 0.2) is 5.60 Å². The van der Waals surface area contributed by atoms with Crippen molar-refractivity contribution in [3.05, 3.63) is 24.0 Å². The van der Waals surface area contributed by atoms with Gasteiger partial charge in [0.1, 0.15) is 0 Å². The van der Waals surface area contributed by atoms with Crippen LogP contribution in [0.5, 0.6) is 0 Å². The van der Waals surface area contributed by atoms with Crippen LogP contribution in [0.2, 0.25) is 0 Å². The van der Waals surface area contributed by atoms with E-state index in [1.165, 1.54) is 0 Å². The Bertz CT molecular complexity index is 381. The Labute approximate surface area is 89.5 Å². The Hall–Kier alpha value is -1.12. The summed E-state index contributed by atoms with van der Waals surface area (Å²) in [6.07, 6.45) is -3.05. The average molecular weight is 235 g/mol. The predicted molar refractivity (Wildman–Crippen MR) is 49.7 cm³/mol. The minimum atomic E-state index is -4.87. The van der Waals surface area contributed by atoms with Crippen LogP contribution in [0.25, 0.3) is 0 Å². The Balaban J connectivity index is 3.19. The lowest BCUT2D eigenvalue weighted by molar-refractivity contribution is -0.258. The molecule has 0 saturated carbocycles. The second kappa shape index (κ2) is 4.04. The quantitative estimate of drug-likeness (QED) is 0.606. The fraction of sp³-hybridized carbons (Fsp3) is 0.375. The molecule has 3 N–H and O–H groups in total. The highest BCUT2D eigenvalue weighted by Gasteiger charge is 2.51. The maximum Gasteiger partial charge on any atom is 0.490 e. The van der Waals surface area contributed by atoms with Crippen molar-refractivity contribution < 1.29 is 28.3 Å². The van der Waals surface area contributed by atoms with Crippen LogP contribution in [0.15, 0.2) is 18.5 Å². The van der Waals surface area contributed by atoms with Crippen LogP contribution >= 0.6 is 0 Å². The van der Waals surface area contributed by atoms with Gasteiger partial charge in [-0.3, -0.25) is 4.98 Å². The summed E-state index contributed by atoms with van der Waals surface area (Å²) in [6, 6.07) is 0.838. The molecule has 88 valence electrons. The van der Waals surface area contributed by atoms with E-state index in [0.717, 1.165) is 18.5 Å². The summed E-state index contributed by atoms with van der Waals surface area (Å²) < 4.78 is 37.3. The van der Waals surface area contributed by atoms with E-state index < -0.39 is 24.5 Å². The molecule has 0 unspecified atom stereocenters. The van der Waals surface area contributed by atoms with E-state index in [1.54, 1.807) is 0 Å². The van der Waals surface area contributed by atoms with Gasteiger partial charge in [0.05, 0.1) is 0 Å². The van der Waals surface area contributed by atoms with Gasteiger partial charge in [0, 0.05) is 23.4 Å². The maximum absolute atomic E-state index is 12.4. The van der Waals surface area contributed by atoms with Gasteiger partial charge in [-0.2, -0.15) is 13.2 Å². The molecule has 0 fully saturated rings. The van der Waals surface area contributed by atoms with Crippen molar-refractivity contribution in [2.75, 3.05) is 0 Å². The smallest absolute Gasteiger partial charge is 0.423 e. The van der Waals surface area contributed by atoms with E-state index in [-0.39, 0.29) is 5.46 Å². The summed E-state index contributed by atoms with van der Waals surface area (Å²) in [5.74, 6) is 0. The molecular weight excluding hydrogens is 226 g/mol. The number of halogens is 3. The van der Waals surface area contributed by atoms with Gasteiger partial charge >= 0.3 is 13.3 Å². The lowest BCUT2D eigenvalue weighted by Crippen LogP contribution is -2.41. The van der Waals surface area contributed by atoms with Crippen molar-refractivity contribution >= 4 is 12.6 Å². The van der Waals surface area contributed by atoms with Gasteiger partial charge < -0.3 is 15.2 Å². The molecule has 4 nitrogen and oxygen atoms in total. The van der Waals surface area contributed by atoms with Crippen LogP contribution in [0, 0.1) is 0 Å². The van der Waals surface area contributed by atoms with Crippen LogP contribution in [0.1, 0.15) is 12.5 Å². The molecule has 0 aromatic carbocycles. The van der Waals surface area contributed by atoms with Gasteiger partial charge in [-0.25, -0.2) is 0 Å². The highest BCUT2D eigenvalue weighted by Crippen LogP contribution is 2.37. The SMILES string of the molecule is C[C@](O)(c1cncc(B(O)O)c1)C(F)(F)F. The molecule has 0 radical (unpaired) electrons. The molecule has 1 heterocycles. The Morgan fingerprint density at radius 3 is 2.25 bits per heavy atom. The molecule has 8 heteroatoms. The molecule has 1 aromatic rings. The number of alkyl halides is 3. The number of hydrogen-bond acceptors (Lipinski definition) is 4. The molecule has 0 spiro atoms. The third-order valence-corrected chi connectivity index (χ3v) is 2.17. The van der Waals surface area contributed by atoms with Crippen molar-refractivity contribution in [1.82, 2.24) is 4.98 Å². The molecule has 0 saturated heterocycles. The topological polar surface area (TPSA) is 73.6 Å². The summed E-state index contributed by atoms with van der Waals surface area (Å²) in [6.45, 7) is 0.567. The first kappa shape index (κ1) is 13.0. The van der Waals surface area contributed by atoms with E-state index in [9.17, 15) is 18.3 Å². The average Bonchev–Trinajstić information content (AvgIpc) is 2.16. The molecule has 1 rings (SSSR count). The lowest BCUT2D eigenvalue weighted by Gasteiger charge is -2.26. The van der Waals surface area contributed by atoms with Crippen LogP contribution in [-0.2, 0) is 5.60 Å². The number of aliphatic hydroxyl groups is 1. The van der Waals surface area contributed by atoms with E-state index in [4.69, 9.17) is 10.0 Å². The number of aromatic nitrogens is 1. The maximum atomic E-state index is 12.4. The first-order valence-corrected chi connectivity index (χ1v) is 4.27. The third-order valence-electron chi connectivity index (χ3n) is 2.17. The lowest BCUT2D eigenvalue weighted by atomic mass is 9.79. The molecule has 0 aliphatic heterocycles. The monoisotopic (exact) mass is 235 g/mol. The number of nitrogens with zero attached hydrogens (tertiary/aromatic N) is 1. The minimum absolute atomic E-state index is 0.220. The number of pyridine rings is 1. The Kier molecular flexibility index (Phi) is 3.27. The fourth-order valence-electron chi connectivity index (χ4n) is 1.03. The first-order valence-electron chi connectivity index (χ1n) is 4.27. The molecular formula is C8H9BF3NO3. The van der Waals surface area contributed by atoms with Crippen LogP contribution in [0.3, 0.4) is 0 Å². The molecule has 0 aliphatic carbocycles. The van der Waals surface area contributed by atoms with Crippen molar-refractivity contribution in [2.45, 2.75) is 18.7 Å². The molecule has 0 amide bonds. The zero-order valence-corrected chi connectivity index (χ0v) is 8.23. The van der Waals surface area contributed by atoms with Gasteiger partial charge in [-0.15, -0.1) is 0 Å². The van der Waals surface area contributed by atoms with E-state index in [1.807, 2.05) is 0 Å². The van der Waals surface area contributed by atoms with Gasteiger partial charge in [-0.05, 0) is 6.92 Å². The normalized spacial score (nSPS) is 15.7. The highest BCUT2D eigenvalue weighted by molar-refractivity contribution is 6.58. The Morgan fingerprint density at radius 2 is 1.81 bits per heavy atom. The number of hydrogen-bond donors (Lipinski definition) is 3. The van der Waals surface area contributed by atoms with E-state index in [0.29, 0.717) is 6.92 Å². The van der Waals surface area contributed by atoms with Crippen molar-refractivity contribution in [1.29, 1.82) is 0 Å². The molecule has 0 aliphatic rings. The van der Waals surface area contributed by atoms with E-state index in [2.05, 4.69) is 4.98 Å². The van der Waals surface area contributed by atoms with Crippen LogP contribution < -0.4 is 5.46 Å². The summed E-state index contributed by atoms with van der Waals surface area (Å²) >= 11 is 0. The summed E-state index contributed by atoms with van der Waals surface area (Å²) in [7, 11) is -1.93. The fourth-order valence-corrected chi connectivity index (χ4v) is 1.03. The molecule has 1 aromatic heterocycles. The predicted octanol–water partition coefficient (Wildman–Crippen LogP) is -0.469. The largest absolute Gasteiger partial charge is 0.490 e. The molecule has 16 heavy (non-hydrogen) atoms. The number of rotatable bonds is 2. The van der Waals surface area contributed by atoms with Crippen LogP contribution in [-0.4, -0.2) is 33.4 Å². The first-order chi connectivity index (χ1) is 7.16. The van der Waals surface area contributed by atoms with Crippen molar-refractivity contribution in [3.8, 4) is 0 Å². The summed E-state index contributed by atoms with van der Waals surface area (Å²) in [5.41, 5.74) is -3.85. The summed E-state index contributed by atoms with van der Waals surface area (Å²) in [4.78, 5) is 3.41. The van der Waals surface area contributed by atoms with Crippen molar-refractivity contribution in [3.63, 3.8) is 0 Å². The van der Waals surface area contributed by atoms with Crippen molar-refractivity contribution in [2.24, 2.45) is 0 Å². The summed E-state index contributed by atoms with van der Waals surface area (Å²) in [5, 5.41) is 26.8.